The minimum absolute atomic E-state index is 0.254. The number of aromatic nitrogens is 9. The Balaban J connectivity index is 1.33. The quantitative estimate of drug-likeness (QED) is 0.0371. The standard InChI is InChI=1S/C53H70N10O10/c1-8-71-48(68)51(2,3)24-45(37-18-12-9-13-19-37)61-30-40(54-57-61)27-60(28-41-31-62(58-55-41)46(38-20-14-10-15-21-38)25-52(4,5)49(69)72-35-43(66)33-64)29-42-32-63(59-56-42)47(39-22-16-11-17-23-39)26-53(6,7)50(70)73-36-44(67)34-65/h9-23,30-32,43-47,64-67H,8,24-29,33-36H2,1-7H3. The molecule has 0 bridgehead atoms. The van der Waals surface area contributed by atoms with Gasteiger partial charge in [-0.3, -0.25) is 19.3 Å². The number of esters is 3. The number of aliphatic hydroxyl groups is 4. The van der Waals surface area contributed by atoms with Crippen molar-refractivity contribution in [1.29, 1.82) is 0 Å². The Morgan fingerprint density at radius 3 is 1.07 bits per heavy atom. The summed E-state index contributed by atoms with van der Waals surface area (Å²) < 4.78 is 21.5. The van der Waals surface area contributed by atoms with Crippen LogP contribution < -0.4 is 0 Å². The van der Waals surface area contributed by atoms with Crippen molar-refractivity contribution in [1.82, 2.24) is 49.9 Å². The van der Waals surface area contributed by atoms with Crippen molar-refractivity contribution in [3.8, 4) is 0 Å². The van der Waals surface area contributed by atoms with Crippen LogP contribution in [0.4, 0.5) is 0 Å². The van der Waals surface area contributed by atoms with Gasteiger partial charge in [-0.05, 0) is 84.4 Å². The summed E-state index contributed by atoms with van der Waals surface area (Å²) in [6.07, 6.45) is 4.08. The van der Waals surface area contributed by atoms with Gasteiger partial charge in [0.1, 0.15) is 25.4 Å². The fraction of sp³-hybridized carbons (Fsp3) is 0.491. The Bertz CT molecular complexity index is 2530. The van der Waals surface area contributed by atoms with E-state index in [9.17, 15) is 34.8 Å². The lowest BCUT2D eigenvalue weighted by Gasteiger charge is -2.28. The zero-order valence-corrected chi connectivity index (χ0v) is 42.8. The topological polar surface area (TPSA) is 255 Å². The summed E-state index contributed by atoms with van der Waals surface area (Å²) in [5.41, 5.74) is 1.60. The van der Waals surface area contributed by atoms with Crippen LogP contribution in [0.15, 0.2) is 110 Å². The maximum Gasteiger partial charge on any atom is 0.311 e. The van der Waals surface area contributed by atoms with Crippen LogP contribution in [0.2, 0.25) is 0 Å². The summed E-state index contributed by atoms with van der Waals surface area (Å²) in [5, 5.41) is 66.1. The SMILES string of the molecule is CCOC(=O)C(C)(C)CC(c1ccccc1)n1cc(CN(Cc2cn(C(CC(C)(C)C(=O)OCC(O)CO)c3ccccc3)nn2)Cc2cn(C(CC(C)(C)C(=O)OCC(O)CO)c3ccccc3)nn2)nn1. The van der Waals surface area contributed by atoms with Gasteiger partial charge in [0.05, 0.1) is 89.9 Å². The third kappa shape index (κ3) is 15.4. The second-order valence-corrected chi connectivity index (χ2v) is 20.3. The highest BCUT2D eigenvalue weighted by molar-refractivity contribution is 5.77. The first-order valence-electron chi connectivity index (χ1n) is 24.5. The summed E-state index contributed by atoms with van der Waals surface area (Å²) in [6.45, 7) is 11.8. The predicted molar refractivity (Wildman–Crippen MR) is 267 cm³/mol. The van der Waals surface area contributed by atoms with Gasteiger partial charge in [0.25, 0.3) is 0 Å². The van der Waals surface area contributed by atoms with Crippen LogP contribution >= 0.6 is 0 Å². The highest BCUT2D eigenvalue weighted by Crippen LogP contribution is 2.37. The van der Waals surface area contributed by atoms with Crippen molar-refractivity contribution in [2.24, 2.45) is 16.2 Å². The van der Waals surface area contributed by atoms with Crippen molar-refractivity contribution >= 4 is 17.9 Å². The molecule has 73 heavy (non-hydrogen) atoms. The maximum absolute atomic E-state index is 13.4. The Hall–Kier alpha value is -6.71. The summed E-state index contributed by atoms with van der Waals surface area (Å²) in [7, 11) is 0. The van der Waals surface area contributed by atoms with Crippen LogP contribution in [0.5, 0.6) is 0 Å². The minimum Gasteiger partial charge on any atom is -0.466 e. The van der Waals surface area contributed by atoms with E-state index in [0.29, 0.717) is 23.5 Å². The molecule has 3 aromatic carbocycles. The molecule has 0 fully saturated rings. The van der Waals surface area contributed by atoms with Crippen LogP contribution in [-0.2, 0) is 48.2 Å². The summed E-state index contributed by atoms with van der Waals surface area (Å²) in [4.78, 5) is 42.0. The van der Waals surface area contributed by atoms with E-state index in [1.807, 2.05) is 123 Å². The second kappa shape index (κ2) is 25.3. The van der Waals surface area contributed by atoms with E-state index >= 15 is 0 Å². The number of aliphatic hydroxyl groups excluding tert-OH is 4. The molecule has 3 heterocycles. The van der Waals surface area contributed by atoms with Crippen LogP contribution in [0.25, 0.3) is 0 Å². The van der Waals surface area contributed by atoms with Gasteiger partial charge in [-0.2, -0.15) is 0 Å². The molecule has 0 amide bonds. The van der Waals surface area contributed by atoms with Gasteiger partial charge in [0.15, 0.2) is 0 Å². The molecule has 0 radical (unpaired) electrons. The number of hydrogen-bond acceptors (Lipinski definition) is 17. The Morgan fingerprint density at radius 2 is 0.795 bits per heavy atom. The molecule has 5 atom stereocenters. The first-order chi connectivity index (χ1) is 34.8. The first-order valence-corrected chi connectivity index (χ1v) is 24.5. The number of carbonyl (C=O) groups excluding carboxylic acids is 3. The lowest BCUT2D eigenvalue weighted by molar-refractivity contribution is -0.159. The molecule has 4 N–H and O–H groups in total. The summed E-state index contributed by atoms with van der Waals surface area (Å²) in [6, 6.07) is 27.8. The molecule has 6 aromatic rings. The van der Waals surface area contributed by atoms with Crippen LogP contribution in [-0.4, -0.2) is 133 Å². The molecule has 20 nitrogen and oxygen atoms in total. The third-order valence-corrected chi connectivity index (χ3v) is 12.6. The molecule has 3 aromatic heterocycles. The summed E-state index contributed by atoms with van der Waals surface area (Å²) in [5.74, 6) is -1.39. The fourth-order valence-electron chi connectivity index (χ4n) is 8.45. The number of ether oxygens (including phenoxy) is 3. The minimum atomic E-state index is -1.19. The monoisotopic (exact) mass is 1010 g/mol. The van der Waals surface area contributed by atoms with Crippen LogP contribution in [0, 0.1) is 16.2 Å². The van der Waals surface area contributed by atoms with Gasteiger partial charge in [-0.25, -0.2) is 14.0 Å². The largest absolute Gasteiger partial charge is 0.466 e. The maximum atomic E-state index is 13.4. The van der Waals surface area contributed by atoms with Gasteiger partial charge in [-0.1, -0.05) is 107 Å². The average molecular weight is 1010 g/mol. The zero-order chi connectivity index (χ0) is 52.8. The Kier molecular flexibility index (Phi) is 19.3. The molecule has 0 aliphatic heterocycles. The molecule has 392 valence electrons. The third-order valence-electron chi connectivity index (χ3n) is 12.6. The smallest absolute Gasteiger partial charge is 0.311 e. The highest BCUT2D eigenvalue weighted by atomic mass is 16.6. The number of carbonyl (C=O) groups is 3. The van der Waals surface area contributed by atoms with Gasteiger partial charge in [-0.15, -0.1) is 15.3 Å². The normalized spacial score (nSPS) is 14.3. The van der Waals surface area contributed by atoms with Crippen molar-refractivity contribution in [2.75, 3.05) is 33.0 Å². The fourth-order valence-corrected chi connectivity index (χ4v) is 8.45. The molecule has 5 unspecified atom stereocenters. The molecule has 6 rings (SSSR count). The molecule has 0 aliphatic rings. The highest BCUT2D eigenvalue weighted by Gasteiger charge is 2.38. The number of benzene rings is 3. The van der Waals surface area contributed by atoms with Gasteiger partial charge >= 0.3 is 17.9 Å². The summed E-state index contributed by atoms with van der Waals surface area (Å²) >= 11 is 0. The Labute approximate surface area is 425 Å². The predicted octanol–water partition coefficient (Wildman–Crippen LogP) is 5.04. The first kappa shape index (κ1) is 55.6. The van der Waals surface area contributed by atoms with E-state index in [-0.39, 0.29) is 64.3 Å². The molecule has 0 aliphatic carbocycles. The van der Waals surface area contributed by atoms with Crippen molar-refractivity contribution in [3.63, 3.8) is 0 Å². The molecule has 0 saturated heterocycles. The van der Waals surface area contributed by atoms with E-state index in [4.69, 9.17) is 14.2 Å². The van der Waals surface area contributed by atoms with E-state index in [0.717, 1.165) is 16.7 Å². The van der Waals surface area contributed by atoms with Gasteiger partial charge in [0, 0.05) is 19.6 Å². The lowest BCUT2D eigenvalue weighted by Crippen LogP contribution is -2.33. The molecular weight excluding hydrogens is 937 g/mol. The molecule has 20 heteroatoms. The van der Waals surface area contributed by atoms with Crippen molar-refractivity contribution in [3.05, 3.63) is 143 Å². The molecule has 0 saturated carbocycles. The molecular formula is C53H70N10O10. The van der Waals surface area contributed by atoms with Crippen molar-refractivity contribution < 1.29 is 49.0 Å². The Morgan fingerprint density at radius 1 is 0.507 bits per heavy atom. The van der Waals surface area contributed by atoms with Crippen LogP contribution in [0.1, 0.15) is 120 Å². The second-order valence-electron chi connectivity index (χ2n) is 20.3. The van der Waals surface area contributed by atoms with E-state index in [1.54, 1.807) is 48.7 Å². The van der Waals surface area contributed by atoms with Gasteiger partial charge < -0.3 is 34.6 Å². The lowest BCUT2D eigenvalue weighted by atomic mass is 9.83. The van der Waals surface area contributed by atoms with Crippen LogP contribution in [0.3, 0.4) is 0 Å². The average Bonchev–Trinajstić information content (AvgIpc) is 4.18. The molecule has 0 spiro atoms. The number of rotatable bonds is 28. The number of hydrogen-bond donors (Lipinski definition) is 4. The van der Waals surface area contributed by atoms with E-state index in [1.165, 1.54) is 0 Å². The van der Waals surface area contributed by atoms with Crippen molar-refractivity contribution in [2.45, 2.75) is 118 Å². The number of nitrogens with zero attached hydrogens (tertiary/aromatic N) is 10. The van der Waals surface area contributed by atoms with Gasteiger partial charge in [0.2, 0.25) is 0 Å². The zero-order valence-electron chi connectivity index (χ0n) is 42.8. The van der Waals surface area contributed by atoms with E-state index < -0.39 is 65.7 Å². The van der Waals surface area contributed by atoms with E-state index in [2.05, 4.69) is 35.8 Å².